The molecule has 0 spiro atoms. The Morgan fingerprint density at radius 3 is 2.50 bits per heavy atom. The highest BCUT2D eigenvalue weighted by Gasteiger charge is 2.17. The molecule has 1 atom stereocenters. The van der Waals surface area contributed by atoms with Crippen molar-refractivity contribution in [3.05, 3.63) is 29.3 Å². The number of nitrogens with two attached hydrogens (primary N) is 1. The molecule has 0 fully saturated rings. The summed E-state index contributed by atoms with van der Waals surface area (Å²) < 4.78 is 26.8. The Morgan fingerprint density at radius 2 is 1.94 bits per heavy atom. The second-order valence-electron chi connectivity index (χ2n) is 4.81. The van der Waals surface area contributed by atoms with Gasteiger partial charge in [0, 0.05) is 6.07 Å². The maximum atomic E-state index is 13.5. The topological polar surface area (TPSA) is 55.1 Å². The first-order valence-electron chi connectivity index (χ1n) is 5.83. The van der Waals surface area contributed by atoms with Gasteiger partial charge in [-0.25, -0.2) is 8.78 Å². The summed E-state index contributed by atoms with van der Waals surface area (Å²) >= 11 is 0. The van der Waals surface area contributed by atoms with Crippen molar-refractivity contribution in [2.24, 2.45) is 11.7 Å². The molecule has 0 unspecified atom stereocenters. The van der Waals surface area contributed by atoms with E-state index in [1.807, 2.05) is 13.8 Å². The number of carbonyl (C=O) groups is 1. The quantitative estimate of drug-likeness (QED) is 0.870. The van der Waals surface area contributed by atoms with Crippen LogP contribution in [0.3, 0.4) is 0 Å². The van der Waals surface area contributed by atoms with E-state index in [1.165, 1.54) is 6.92 Å². The summed E-state index contributed by atoms with van der Waals surface area (Å²) in [6.45, 7) is 5.31. The second kappa shape index (κ2) is 5.91. The third-order valence-corrected chi connectivity index (χ3v) is 2.57. The van der Waals surface area contributed by atoms with E-state index in [0.29, 0.717) is 6.42 Å². The van der Waals surface area contributed by atoms with E-state index >= 15 is 0 Å². The molecule has 0 heterocycles. The van der Waals surface area contributed by atoms with Gasteiger partial charge in [-0.1, -0.05) is 13.8 Å². The molecular formula is C13H18F2N2O. The van der Waals surface area contributed by atoms with Gasteiger partial charge in [-0.3, -0.25) is 4.79 Å². The van der Waals surface area contributed by atoms with Crippen LogP contribution in [0.25, 0.3) is 0 Å². The van der Waals surface area contributed by atoms with Crippen molar-refractivity contribution < 1.29 is 13.6 Å². The van der Waals surface area contributed by atoms with Gasteiger partial charge in [-0.15, -0.1) is 0 Å². The van der Waals surface area contributed by atoms with E-state index in [0.717, 1.165) is 12.1 Å². The van der Waals surface area contributed by atoms with Crippen LogP contribution in [0.4, 0.5) is 14.5 Å². The lowest BCUT2D eigenvalue weighted by molar-refractivity contribution is -0.117. The van der Waals surface area contributed by atoms with Gasteiger partial charge in [0.25, 0.3) is 0 Å². The lowest BCUT2D eigenvalue weighted by atomic mass is 10.0. The predicted molar refractivity (Wildman–Crippen MR) is 67.2 cm³/mol. The number of anilines is 1. The molecule has 0 saturated heterocycles. The predicted octanol–water partition coefficient (Wildman–Crippen LogP) is 2.59. The number of hydrogen-bond acceptors (Lipinski definition) is 2. The van der Waals surface area contributed by atoms with Crippen LogP contribution in [0.2, 0.25) is 0 Å². The number of nitrogens with one attached hydrogen (secondary N) is 1. The summed E-state index contributed by atoms with van der Waals surface area (Å²) in [6.07, 6.45) is 0.488. The van der Waals surface area contributed by atoms with Crippen molar-refractivity contribution in [2.45, 2.75) is 33.2 Å². The zero-order valence-electron chi connectivity index (χ0n) is 10.8. The molecule has 1 aromatic carbocycles. The third kappa shape index (κ3) is 3.77. The first-order chi connectivity index (χ1) is 8.31. The normalized spacial score (nSPS) is 12.6. The Kier molecular flexibility index (Phi) is 4.78. The maximum absolute atomic E-state index is 13.5. The number of carbonyl (C=O) groups excluding carboxylic acids is 1. The van der Waals surface area contributed by atoms with Gasteiger partial charge in [-0.05, 0) is 30.9 Å². The monoisotopic (exact) mass is 256 g/mol. The summed E-state index contributed by atoms with van der Waals surface area (Å²) in [4.78, 5) is 11.7. The molecule has 0 bridgehead atoms. The number of rotatable bonds is 4. The van der Waals surface area contributed by atoms with Gasteiger partial charge in [0.2, 0.25) is 5.91 Å². The third-order valence-electron chi connectivity index (χ3n) is 2.57. The van der Waals surface area contributed by atoms with Crippen LogP contribution in [-0.4, -0.2) is 11.9 Å². The molecule has 0 aromatic heterocycles. The minimum Gasteiger partial charge on any atom is -0.322 e. The molecular weight excluding hydrogens is 238 g/mol. The SMILES string of the molecule is Cc1cc(F)c(NC(=O)[C@@H](N)CC(C)C)cc1F. The highest BCUT2D eigenvalue weighted by molar-refractivity contribution is 5.94. The smallest absolute Gasteiger partial charge is 0.241 e. The van der Waals surface area contributed by atoms with Crippen molar-refractivity contribution >= 4 is 11.6 Å². The van der Waals surface area contributed by atoms with Crippen molar-refractivity contribution in [2.75, 3.05) is 5.32 Å². The lowest BCUT2D eigenvalue weighted by Crippen LogP contribution is -2.36. The molecule has 0 saturated carbocycles. The van der Waals surface area contributed by atoms with Crippen molar-refractivity contribution in [3.63, 3.8) is 0 Å². The van der Waals surface area contributed by atoms with Crippen molar-refractivity contribution in [1.82, 2.24) is 0 Å². The average molecular weight is 256 g/mol. The molecule has 3 N–H and O–H groups in total. The van der Waals surface area contributed by atoms with E-state index in [-0.39, 0.29) is 17.2 Å². The standard InChI is InChI=1S/C13H18F2N2O/c1-7(2)4-11(16)13(18)17-12-6-9(14)8(3)5-10(12)15/h5-7,11H,4,16H2,1-3H3,(H,17,18)/t11-/m0/s1. The fraction of sp³-hybridized carbons (Fsp3) is 0.462. The summed E-state index contributed by atoms with van der Waals surface area (Å²) in [5, 5.41) is 2.30. The zero-order chi connectivity index (χ0) is 13.9. The highest BCUT2D eigenvalue weighted by Crippen LogP contribution is 2.19. The number of benzene rings is 1. The summed E-state index contributed by atoms with van der Waals surface area (Å²) in [5.41, 5.74) is 5.67. The van der Waals surface area contributed by atoms with Gasteiger partial charge in [0.1, 0.15) is 11.6 Å². The summed E-state index contributed by atoms with van der Waals surface area (Å²) in [5.74, 6) is -1.49. The molecule has 3 nitrogen and oxygen atoms in total. The largest absolute Gasteiger partial charge is 0.322 e. The Hall–Kier alpha value is -1.49. The Balaban J connectivity index is 2.79. The summed E-state index contributed by atoms with van der Waals surface area (Å²) in [7, 11) is 0. The lowest BCUT2D eigenvalue weighted by Gasteiger charge is -2.14. The fourth-order valence-corrected chi connectivity index (χ4v) is 1.58. The molecule has 0 aliphatic carbocycles. The minimum absolute atomic E-state index is 0.178. The van der Waals surface area contributed by atoms with E-state index in [4.69, 9.17) is 5.73 Å². The van der Waals surface area contributed by atoms with Gasteiger partial charge < -0.3 is 11.1 Å². The maximum Gasteiger partial charge on any atom is 0.241 e. The van der Waals surface area contributed by atoms with E-state index in [9.17, 15) is 13.6 Å². The number of aryl methyl sites for hydroxylation is 1. The van der Waals surface area contributed by atoms with Gasteiger partial charge >= 0.3 is 0 Å². The van der Waals surface area contributed by atoms with Crippen LogP contribution >= 0.6 is 0 Å². The van der Waals surface area contributed by atoms with E-state index in [2.05, 4.69) is 5.32 Å². The van der Waals surface area contributed by atoms with Crippen LogP contribution in [0, 0.1) is 24.5 Å². The molecule has 18 heavy (non-hydrogen) atoms. The van der Waals surface area contributed by atoms with Crippen LogP contribution in [0.5, 0.6) is 0 Å². The Morgan fingerprint density at radius 1 is 1.33 bits per heavy atom. The number of halogens is 2. The molecule has 0 radical (unpaired) electrons. The van der Waals surface area contributed by atoms with Gasteiger partial charge in [0.15, 0.2) is 0 Å². The first kappa shape index (κ1) is 14.6. The van der Waals surface area contributed by atoms with E-state index in [1.54, 1.807) is 0 Å². The average Bonchev–Trinajstić information content (AvgIpc) is 2.24. The Labute approximate surface area is 105 Å². The van der Waals surface area contributed by atoms with Gasteiger partial charge in [0.05, 0.1) is 11.7 Å². The van der Waals surface area contributed by atoms with E-state index < -0.39 is 23.6 Å². The van der Waals surface area contributed by atoms with Crippen LogP contribution < -0.4 is 11.1 Å². The summed E-state index contributed by atoms with van der Waals surface area (Å²) in [6, 6.07) is 1.28. The molecule has 5 heteroatoms. The number of hydrogen-bond donors (Lipinski definition) is 2. The van der Waals surface area contributed by atoms with Crippen LogP contribution in [-0.2, 0) is 4.79 Å². The van der Waals surface area contributed by atoms with Crippen molar-refractivity contribution in [3.8, 4) is 0 Å². The van der Waals surface area contributed by atoms with Crippen molar-refractivity contribution in [1.29, 1.82) is 0 Å². The number of amides is 1. The first-order valence-corrected chi connectivity index (χ1v) is 5.83. The Bertz CT molecular complexity index is 447. The zero-order valence-corrected chi connectivity index (χ0v) is 10.8. The van der Waals surface area contributed by atoms with Gasteiger partial charge in [-0.2, -0.15) is 0 Å². The van der Waals surface area contributed by atoms with Crippen LogP contribution in [0.15, 0.2) is 12.1 Å². The molecule has 0 aliphatic rings. The molecule has 1 amide bonds. The molecule has 100 valence electrons. The molecule has 0 aliphatic heterocycles. The second-order valence-corrected chi connectivity index (χ2v) is 4.81. The minimum atomic E-state index is -0.728. The fourth-order valence-electron chi connectivity index (χ4n) is 1.58. The molecule has 1 aromatic rings. The molecule has 1 rings (SSSR count). The highest BCUT2D eigenvalue weighted by atomic mass is 19.1. The van der Waals surface area contributed by atoms with Crippen LogP contribution in [0.1, 0.15) is 25.8 Å².